The molecule has 4 rings (SSSR count). The number of nitrogens with zero attached hydrogens (tertiary/aromatic N) is 4. The highest BCUT2D eigenvalue weighted by Crippen LogP contribution is 2.28. The summed E-state index contributed by atoms with van der Waals surface area (Å²) in [5.74, 6) is -0.0652. The van der Waals surface area contributed by atoms with E-state index in [0.29, 0.717) is 24.3 Å². The maximum absolute atomic E-state index is 12.9. The van der Waals surface area contributed by atoms with E-state index < -0.39 is 11.9 Å². The Morgan fingerprint density at radius 1 is 0.903 bits per heavy atom. The molecule has 0 atom stereocenters. The van der Waals surface area contributed by atoms with Crippen LogP contribution in [0.1, 0.15) is 28.0 Å². The second-order valence-electron chi connectivity index (χ2n) is 7.60. The highest BCUT2D eigenvalue weighted by Gasteiger charge is 2.33. The smallest absolute Gasteiger partial charge is 0.337 e. The second-order valence-corrected chi connectivity index (χ2v) is 7.60. The zero-order valence-corrected chi connectivity index (χ0v) is 16.9. The first kappa shape index (κ1) is 21.1. The van der Waals surface area contributed by atoms with Gasteiger partial charge in [0.25, 0.3) is 5.91 Å². The lowest BCUT2D eigenvalue weighted by atomic mass is 10.1. The summed E-state index contributed by atoms with van der Waals surface area (Å²) in [7, 11) is 0. The Kier molecular flexibility index (Phi) is 6.08. The van der Waals surface area contributed by atoms with Crippen LogP contribution in [-0.4, -0.2) is 51.7 Å². The fourth-order valence-corrected chi connectivity index (χ4v) is 3.73. The summed E-state index contributed by atoms with van der Waals surface area (Å²) >= 11 is 0. The van der Waals surface area contributed by atoms with Crippen molar-refractivity contribution < 1.29 is 18.0 Å². The minimum Gasteiger partial charge on any atom is -0.337 e. The van der Waals surface area contributed by atoms with Crippen LogP contribution in [0.15, 0.2) is 66.9 Å². The Morgan fingerprint density at radius 3 is 2.32 bits per heavy atom. The molecular formula is C23H23F3N4O. The highest BCUT2D eigenvalue weighted by atomic mass is 19.4. The van der Waals surface area contributed by atoms with Crippen molar-refractivity contribution >= 4 is 5.91 Å². The predicted molar refractivity (Wildman–Crippen MR) is 111 cm³/mol. The largest absolute Gasteiger partial charge is 0.435 e. The van der Waals surface area contributed by atoms with Crippen molar-refractivity contribution in [2.24, 2.45) is 0 Å². The normalized spacial score (nSPS) is 15.6. The van der Waals surface area contributed by atoms with Gasteiger partial charge in [0.05, 0.1) is 5.69 Å². The van der Waals surface area contributed by atoms with Crippen molar-refractivity contribution in [3.05, 3.63) is 83.7 Å². The van der Waals surface area contributed by atoms with Crippen LogP contribution in [0.3, 0.4) is 0 Å². The molecule has 3 aromatic rings. The van der Waals surface area contributed by atoms with Gasteiger partial charge < -0.3 is 4.90 Å². The number of halogens is 3. The summed E-state index contributed by atoms with van der Waals surface area (Å²) < 4.78 is 39.4. The number of hydrogen-bond acceptors (Lipinski definition) is 3. The van der Waals surface area contributed by atoms with Crippen LogP contribution in [0.2, 0.25) is 0 Å². The third-order valence-corrected chi connectivity index (χ3v) is 5.38. The van der Waals surface area contributed by atoms with E-state index in [-0.39, 0.29) is 5.91 Å². The third-order valence-electron chi connectivity index (χ3n) is 5.38. The summed E-state index contributed by atoms with van der Waals surface area (Å²) in [6, 6.07) is 17.7. The Labute approximate surface area is 178 Å². The van der Waals surface area contributed by atoms with Crippen LogP contribution in [0, 0.1) is 0 Å². The second kappa shape index (κ2) is 8.93. The molecule has 162 valence electrons. The van der Waals surface area contributed by atoms with Crippen molar-refractivity contribution in [2.75, 3.05) is 26.2 Å². The SMILES string of the molecule is O=C(c1ccc(-n2ccc(C(F)(F)F)n2)cc1)N1CCCN(Cc2ccccc2)CC1. The van der Waals surface area contributed by atoms with Gasteiger partial charge in [-0.05, 0) is 42.3 Å². The summed E-state index contributed by atoms with van der Waals surface area (Å²) in [5, 5.41) is 3.56. The van der Waals surface area contributed by atoms with Gasteiger partial charge in [0.1, 0.15) is 0 Å². The molecule has 1 aliphatic heterocycles. The fourth-order valence-electron chi connectivity index (χ4n) is 3.73. The molecule has 0 spiro atoms. The number of alkyl halides is 3. The fraction of sp³-hybridized carbons (Fsp3) is 0.304. The zero-order valence-electron chi connectivity index (χ0n) is 16.9. The molecule has 0 radical (unpaired) electrons. The van der Waals surface area contributed by atoms with Crippen molar-refractivity contribution in [1.82, 2.24) is 19.6 Å². The summed E-state index contributed by atoms with van der Waals surface area (Å²) in [6.45, 7) is 3.91. The Hall–Kier alpha value is -3.13. The number of aromatic nitrogens is 2. The monoisotopic (exact) mass is 428 g/mol. The van der Waals surface area contributed by atoms with Crippen LogP contribution in [0.5, 0.6) is 0 Å². The van der Waals surface area contributed by atoms with E-state index in [1.165, 1.54) is 11.8 Å². The van der Waals surface area contributed by atoms with Gasteiger partial charge in [0.15, 0.2) is 5.69 Å². The molecule has 1 amide bonds. The van der Waals surface area contributed by atoms with E-state index >= 15 is 0 Å². The Bertz CT molecular complexity index is 1020. The summed E-state index contributed by atoms with van der Waals surface area (Å²) in [5.41, 5.74) is 1.29. The molecule has 2 aromatic carbocycles. The predicted octanol–water partition coefficient (Wildman–Crippen LogP) is 4.24. The molecule has 0 saturated carbocycles. The highest BCUT2D eigenvalue weighted by molar-refractivity contribution is 5.94. The number of amides is 1. The van der Waals surface area contributed by atoms with E-state index in [9.17, 15) is 18.0 Å². The van der Waals surface area contributed by atoms with E-state index in [4.69, 9.17) is 0 Å². The van der Waals surface area contributed by atoms with Gasteiger partial charge in [-0.25, -0.2) is 4.68 Å². The van der Waals surface area contributed by atoms with E-state index in [1.54, 1.807) is 24.3 Å². The van der Waals surface area contributed by atoms with Gasteiger partial charge in [0, 0.05) is 44.5 Å². The Morgan fingerprint density at radius 2 is 1.65 bits per heavy atom. The van der Waals surface area contributed by atoms with Gasteiger partial charge in [-0.15, -0.1) is 0 Å². The molecule has 8 heteroatoms. The molecule has 1 aliphatic rings. The lowest BCUT2D eigenvalue weighted by molar-refractivity contribution is -0.141. The minimum absolute atomic E-state index is 0.0652. The first-order valence-corrected chi connectivity index (χ1v) is 10.2. The van der Waals surface area contributed by atoms with E-state index in [2.05, 4.69) is 22.1 Å². The molecule has 1 aromatic heterocycles. The van der Waals surface area contributed by atoms with Gasteiger partial charge >= 0.3 is 6.18 Å². The molecule has 1 fully saturated rings. The standard InChI is InChI=1S/C23H23F3N4O/c24-23(25,26)21-11-14-30(27-21)20-9-7-19(8-10-20)22(31)29-13-4-12-28(15-16-29)17-18-5-2-1-3-6-18/h1-3,5-11,14H,4,12-13,15-17H2. The number of rotatable bonds is 4. The number of benzene rings is 2. The van der Waals surface area contributed by atoms with Gasteiger partial charge in [-0.3, -0.25) is 9.69 Å². The van der Waals surface area contributed by atoms with E-state index in [1.807, 2.05) is 23.1 Å². The molecule has 0 unspecified atom stereocenters. The molecule has 31 heavy (non-hydrogen) atoms. The number of carbonyl (C=O) groups excluding carboxylic acids is 1. The lowest BCUT2D eigenvalue weighted by Crippen LogP contribution is -2.35. The average Bonchev–Trinajstić information content (AvgIpc) is 3.16. The lowest BCUT2D eigenvalue weighted by Gasteiger charge is -2.22. The zero-order chi connectivity index (χ0) is 21.8. The van der Waals surface area contributed by atoms with Crippen LogP contribution in [-0.2, 0) is 12.7 Å². The van der Waals surface area contributed by atoms with Crippen LogP contribution in [0.4, 0.5) is 13.2 Å². The van der Waals surface area contributed by atoms with Crippen LogP contribution >= 0.6 is 0 Å². The quantitative estimate of drug-likeness (QED) is 0.624. The molecule has 0 N–H and O–H groups in total. The molecule has 0 bridgehead atoms. The van der Waals surface area contributed by atoms with Crippen molar-refractivity contribution in [3.8, 4) is 5.69 Å². The maximum atomic E-state index is 12.9. The first-order chi connectivity index (χ1) is 14.9. The third kappa shape index (κ3) is 5.14. The maximum Gasteiger partial charge on any atom is 0.435 e. The molecule has 1 saturated heterocycles. The van der Waals surface area contributed by atoms with Crippen molar-refractivity contribution in [2.45, 2.75) is 19.1 Å². The number of hydrogen-bond donors (Lipinski definition) is 0. The van der Waals surface area contributed by atoms with Gasteiger partial charge in [0.2, 0.25) is 0 Å². The summed E-state index contributed by atoms with van der Waals surface area (Å²) in [4.78, 5) is 17.1. The van der Waals surface area contributed by atoms with Crippen molar-refractivity contribution in [3.63, 3.8) is 0 Å². The van der Waals surface area contributed by atoms with Crippen LogP contribution < -0.4 is 0 Å². The molecule has 5 nitrogen and oxygen atoms in total. The molecule has 2 heterocycles. The average molecular weight is 428 g/mol. The van der Waals surface area contributed by atoms with E-state index in [0.717, 1.165) is 36.8 Å². The van der Waals surface area contributed by atoms with Gasteiger partial charge in [-0.1, -0.05) is 30.3 Å². The summed E-state index contributed by atoms with van der Waals surface area (Å²) in [6.07, 6.45) is -2.33. The minimum atomic E-state index is -4.48. The van der Waals surface area contributed by atoms with Crippen LogP contribution in [0.25, 0.3) is 5.69 Å². The molecule has 0 aliphatic carbocycles. The number of carbonyl (C=O) groups is 1. The van der Waals surface area contributed by atoms with Gasteiger partial charge in [-0.2, -0.15) is 18.3 Å². The first-order valence-electron chi connectivity index (χ1n) is 10.2. The molecular weight excluding hydrogens is 405 g/mol. The topological polar surface area (TPSA) is 41.4 Å². The van der Waals surface area contributed by atoms with Crippen molar-refractivity contribution in [1.29, 1.82) is 0 Å². The Balaban J connectivity index is 1.38.